The molecule has 0 aliphatic rings. The maximum absolute atomic E-state index is 10.5. The Kier molecular flexibility index (Phi) is 5.64. The standard InChI is InChI=1S/C13H22BrNOS/c1-5-13(6-2,15(3)4)12(16)8-11-7-10(14)9-17-11/h7,9,12,16H,5-6,8H2,1-4H3. The largest absolute Gasteiger partial charge is 0.391 e. The van der Waals surface area contributed by atoms with Crippen LogP contribution in [0.2, 0.25) is 0 Å². The van der Waals surface area contributed by atoms with Crippen LogP contribution in [0.5, 0.6) is 0 Å². The lowest BCUT2D eigenvalue weighted by Crippen LogP contribution is -2.53. The fraction of sp³-hybridized carbons (Fsp3) is 0.692. The van der Waals surface area contributed by atoms with E-state index < -0.39 is 0 Å². The van der Waals surface area contributed by atoms with Gasteiger partial charge in [-0.2, -0.15) is 0 Å². The van der Waals surface area contributed by atoms with E-state index in [9.17, 15) is 5.11 Å². The molecule has 0 bridgehead atoms. The third-order valence-corrected chi connectivity index (χ3v) is 5.47. The molecular weight excluding hydrogens is 298 g/mol. The Bertz CT molecular complexity index is 347. The highest BCUT2D eigenvalue weighted by molar-refractivity contribution is 9.10. The van der Waals surface area contributed by atoms with Crippen LogP contribution in [0.1, 0.15) is 31.6 Å². The average molecular weight is 320 g/mol. The van der Waals surface area contributed by atoms with E-state index in [1.165, 1.54) is 4.88 Å². The zero-order chi connectivity index (χ0) is 13.1. The second-order valence-electron chi connectivity index (χ2n) is 4.66. The minimum absolute atomic E-state index is 0.115. The molecule has 0 fully saturated rings. The third-order valence-electron chi connectivity index (χ3n) is 3.75. The Morgan fingerprint density at radius 3 is 2.35 bits per heavy atom. The van der Waals surface area contributed by atoms with Gasteiger partial charge in [-0.15, -0.1) is 11.3 Å². The Balaban J connectivity index is 2.82. The average Bonchev–Trinajstić information content (AvgIpc) is 2.66. The first kappa shape index (κ1) is 15.2. The molecule has 1 aromatic rings. The summed E-state index contributed by atoms with van der Waals surface area (Å²) in [4.78, 5) is 3.40. The van der Waals surface area contributed by atoms with Gasteiger partial charge in [0.1, 0.15) is 0 Å². The van der Waals surface area contributed by atoms with Gasteiger partial charge < -0.3 is 10.0 Å². The summed E-state index contributed by atoms with van der Waals surface area (Å²) in [5.74, 6) is 0. The number of likely N-dealkylation sites (N-methyl/N-ethyl adjacent to an activating group) is 1. The summed E-state index contributed by atoms with van der Waals surface area (Å²) < 4.78 is 1.10. The van der Waals surface area contributed by atoms with Gasteiger partial charge in [-0.05, 0) is 48.9 Å². The summed E-state index contributed by atoms with van der Waals surface area (Å²) in [5.41, 5.74) is -0.115. The summed E-state index contributed by atoms with van der Waals surface area (Å²) in [6.45, 7) is 4.30. The summed E-state index contributed by atoms with van der Waals surface area (Å²) >= 11 is 5.16. The first-order chi connectivity index (χ1) is 7.96. The minimum atomic E-state index is -0.321. The molecule has 4 heteroatoms. The van der Waals surface area contributed by atoms with E-state index in [-0.39, 0.29) is 11.6 Å². The summed E-state index contributed by atoms with van der Waals surface area (Å²) in [6, 6.07) is 2.10. The van der Waals surface area contributed by atoms with Crippen molar-refractivity contribution in [2.45, 2.75) is 44.8 Å². The first-order valence-corrected chi connectivity index (χ1v) is 7.72. The zero-order valence-corrected chi connectivity index (χ0v) is 13.4. The van der Waals surface area contributed by atoms with Crippen LogP contribution in [0.3, 0.4) is 0 Å². The monoisotopic (exact) mass is 319 g/mol. The number of aliphatic hydroxyl groups excluding tert-OH is 1. The predicted molar refractivity (Wildman–Crippen MR) is 78.7 cm³/mol. The second kappa shape index (κ2) is 6.32. The molecule has 0 amide bonds. The van der Waals surface area contributed by atoms with Crippen molar-refractivity contribution in [1.82, 2.24) is 4.90 Å². The van der Waals surface area contributed by atoms with Gasteiger partial charge in [-0.3, -0.25) is 0 Å². The Labute approximate surface area is 117 Å². The van der Waals surface area contributed by atoms with Gasteiger partial charge in [0.05, 0.1) is 6.10 Å². The molecule has 1 rings (SSSR count). The smallest absolute Gasteiger partial charge is 0.0771 e. The van der Waals surface area contributed by atoms with Crippen LogP contribution in [-0.4, -0.2) is 35.7 Å². The fourth-order valence-electron chi connectivity index (χ4n) is 2.49. The third kappa shape index (κ3) is 3.31. The van der Waals surface area contributed by atoms with Crippen LogP contribution in [0.15, 0.2) is 15.9 Å². The lowest BCUT2D eigenvalue weighted by molar-refractivity contribution is -0.0121. The molecule has 0 saturated carbocycles. The van der Waals surface area contributed by atoms with Crippen LogP contribution in [0.25, 0.3) is 0 Å². The molecule has 1 atom stereocenters. The van der Waals surface area contributed by atoms with Crippen molar-refractivity contribution < 1.29 is 5.11 Å². The van der Waals surface area contributed by atoms with E-state index in [1.807, 2.05) is 0 Å². The van der Waals surface area contributed by atoms with Crippen molar-refractivity contribution in [3.8, 4) is 0 Å². The molecule has 1 N–H and O–H groups in total. The van der Waals surface area contributed by atoms with Gasteiger partial charge in [-0.25, -0.2) is 0 Å². The molecule has 1 aromatic heterocycles. The van der Waals surface area contributed by atoms with E-state index in [0.717, 1.165) is 23.7 Å². The van der Waals surface area contributed by atoms with E-state index in [0.29, 0.717) is 0 Å². The van der Waals surface area contributed by atoms with Crippen LogP contribution in [0, 0.1) is 0 Å². The molecule has 0 aromatic carbocycles. The van der Waals surface area contributed by atoms with Crippen LogP contribution in [0.4, 0.5) is 0 Å². The van der Waals surface area contributed by atoms with Gasteiger partial charge in [-0.1, -0.05) is 13.8 Å². The molecule has 2 nitrogen and oxygen atoms in total. The quantitative estimate of drug-likeness (QED) is 0.867. The number of rotatable bonds is 6. The molecular formula is C13H22BrNOS. The fourth-order valence-corrected chi connectivity index (χ4v) is 3.98. The lowest BCUT2D eigenvalue weighted by atomic mass is 9.83. The molecule has 1 heterocycles. The normalized spacial score (nSPS) is 14.3. The van der Waals surface area contributed by atoms with E-state index >= 15 is 0 Å². The van der Waals surface area contributed by atoms with Gasteiger partial charge in [0.2, 0.25) is 0 Å². The maximum Gasteiger partial charge on any atom is 0.0771 e. The number of nitrogens with zero attached hydrogens (tertiary/aromatic N) is 1. The van der Waals surface area contributed by atoms with E-state index in [4.69, 9.17) is 0 Å². The molecule has 1 unspecified atom stereocenters. The summed E-state index contributed by atoms with van der Waals surface area (Å²) in [5, 5.41) is 12.6. The van der Waals surface area contributed by atoms with Crippen molar-refractivity contribution in [3.63, 3.8) is 0 Å². The Morgan fingerprint density at radius 1 is 1.41 bits per heavy atom. The highest BCUT2D eigenvalue weighted by Crippen LogP contribution is 2.30. The summed E-state index contributed by atoms with van der Waals surface area (Å²) in [6.07, 6.45) is 2.34. The number of thiophene rings is 1. The highest BCUT2D eigenvalue weighted by atomic mass is 79.9. The SMILES string of the molecule is CCC(CC)(C(O)Cc1cc(Br)cs1)N(C)C. The first-order valence-electron chi connectivity index (χ1n) is 6.04. The Morgan fingerprint density at radius 2 is 2.00 bits per heavy atom. The van der Waals surface area contributed by atoms with Crippen molar-refractivity contribution in [1.29, 1.82) is 0 Å². The van der Waals surface area contributed by atoms with Gasteiger partial charge in [0.25, 0.3) is 0 Å². The van der Waals surface area contributed by atoms with Gasteiger partial charge in [0.15, 0.2) is 0 Å². The van der Waals surface area contributed by atoms with E-state index in [2.05, 4.69) is 60.2 Å². The predicted octanol–water partition coefficient (Wildman–Crippen LogP) is 3.53. The Hall–Kier alpha value is 0.1000. The molecule has 0 radical (unpaired) electrons. The van der Waals surface area contributed by atoms with Crippen LogP contribution in [-0.2, 0) is 6.42 Å². The molecule has 0 aliphatic heterocycles. The van der Waals surface area contributed by atoms with Crippen molar-refractivity contribution in [3.05, 3.63) is 20.8 Å². The zero-order valence-electron chi connectivity index (χ0n) is 11.0. The number of halogens is 1. The molecule has 0 aliphatic carbocycles. The van der Waals surface area contributed by atoms with E-state index in [1.54, 1.807) is 11.3 Å². The molecule has 0 saturated heterocycles. The van der Waals surface area contributed by atoms with Crippen LogP contribution >= 0.6 is 27.3 Å². The van der Waals surface area contributed by atoms with Crippen LogP contribution < -0.4 is 0 Å². The van der Waals surface area contributed by atoms with Gasteiger partial charge >= 0.3 is 0 Å². The van der Waals surface area contributed by atoms with Crippen molar-refractivity contribution in [2.24, 2.45) is 0 Å². The van der Waals surface area contributed by atoms with Crippen molar-refractivity contribution >= 4 is 27.3 Å². The molecule has 98 valence electrons. The highest BCUT2D eigenvalue weighted by Gasteiger charge is 2.36. The topological polar surface area (TPSA) is 23.5 Å². The van der Waals surface area contributed by atoms with Gasteiger partial charge in [0, 0.05) is 26.7 Å². The maximum atomic E-state index is 10.5. The number of hydrogen-bond acceptors (Lipinski definition) is 3. The van der Waals surface area contributed by atoms with Crippen molar-refractivity contribution in [2.75, 3.05) is 14.1 Å². The number of hydrogen-bond donors (Lipinski definition) is 1. The lowest BCUT2D eigenvalue weighted by Gasteiger charge is -2.42. The molecule has 0 spiro atoms. The second-order valence-corrected chi connectivity index (χ2v) is 6.57. The molecule has 17 heavy (non-hydrogen) atoms. The number of aliphatic hydroxyl groups is 1. The minimum Gasteiger partial charge on any atom is -0.391 e. The summed E-state index contributed by atoms with van der Waals surface area (Å²) in [7, 11) is 4.11.